The van der Waals surface area contributed by atoms with E-state index in [0.29, 0.717) is 22.4 Å². The summed E-state index contributed by atoms with van der Waals surface area (Å²) < 4.78 is 17.4. The standard InChI is InChI=1S/C18H15N5OS/c1-25(24)14-15(19)20-16(12-8-4-2-5-9-12)21-18(14)22-17(23-25)13-10-6-3-7-11-13/h2-11H,1H3,(H2,19,20,21,22,23,24). The summed E-state index contributed by atoms with van der Waals surface area (Å²) in [5, 5.41) is 0. The monoisotopic (exact) mass is 349 g/mol. The Morgan fingerprint density at radius 1 is 0.880 bits per heavy atom. The van der Waals surface area contributed by atoms with Crippen LogP contribution in [0.1, 0.15) is 5.56 Å². The normalized spacial score (nSPS) is 18.8. The van der Waals surface area contributed by atoms with Gasteiger partial charge in [-0.2, -0.15) is 4.36 Å². The third kappa shape index (κ3) is 2.78. The van der Waals surface area contributed by atoms with Gasteiger partial charge in [0.2, 0.25) is 0 Å². The Morgan fingerprint density at radius 2 is 1.48 bits per heavy atom. The third-order valence-electron chi connectivity index (χ3n) is 3.79. The molecule has 7 heteroatoms. The highest BCUT2D eigenvalue weighted by molar-refractivity contribution is 7.93. The van der Waals surface area contributed by atoms with Crippen LogP contribution in [-0.4, -0.2) is 26.3 Å². The van der Waals surface area contributed by atoms with E-state index in [4.69, 9.17) is 5.73 Å². The predicted molar refractivity (Wildman–Crippen MR) is 99.3 cm³/mol. The van der Waals surface area contributed by atoms with Gasteiger partial charge in [0, 0.05) is 17.4 Å². The Kier molecular flexibility index (Phi) is 3.58. The van der Waals surface area contributed by atoms with Gasteiger partial charge in [0.05, 0.1) is 9.73 Å². The predicted octanol–water partition coefficient (Wildman–Crippen LogP) is 3.27. The fourth-order valence-corrected chi connectivity index (χ4v) is 4.08. The maximum absolute atomic E-state index is 13.1. The number of nitrogens with two attached hydrogens (primary N) is 1. The van der Waals surface area contributed by atoms with Crippen LogP contribution in [0, 0.1) is 0 Å². The number of aliphatic imine (C=N–C) groups is 1. The van der Waals surface area contributed by atoms with Crippen molar-refractivity contribution in [3.63, 3.8) is 0 Å². The molecule has 1 aromatic heterocycles. The smallest absolute Gasteiger partial charge is 0.177 e. The molecule has 0 bridgehead atoms. The van der Waals surface area contributed by atoms with Crippen molar-refractivity contribution < 1.29 is 4.21 Å². The summed E-state index contributed by atoms with van der Waals surface area (Å²) in [5.74, 6) is 1.30. The van der Waals surface area contributed by atoms with E-state index in [1.54, 1.807) is 0 Å². The van der Waals surface area contributed by atoms with Crippen LogP contribution < -0.4 is 5.73 Å². The molecule has 0 fully saturated rings. The summed E-state index contributed by atoms with van der Waals surface area (Å²) in [5.41, 5.74) is 7.68. The minimum Gasteiger partial charge on any atom is -0.382 e. The second-order valence-corrected chi connectivity index (χ2v) is 7.84. The number of benzene rings is 2. The summed E-state index contributed by atoms with van der Waals surface area (Å²) in [6.07, 6.45) is 1.53. The number of aromatic nitrogens is 2. The zero-order valence-electron chi connectivity index (χ0n) is 13.5. The van der Waals surface area contributed by atoms with Gasteiger partial charge in [0.1, 0.15) is 10.7 Å². The lowest BCUT2D eigenvalue weighted by atomic mass is 10.2. The van der Waals surface area contributed by atoms with Gasteiger partial charge < -0.3 is 5.73 Å². The topological polar surface area (TPSA) is 93.6 Å². The molecule has 2 heterocycles. The van der Waals surface area contributed by atoms with Crippen LogP contribution in [0.25, 0.3) is 11.4 Å². The first-order valence-corrected chi connectivity index (χ1v) is 9.56. The zero-order valence-corrected chi connectivity index (χ0v) is 14.3. The van der Waals surface area contributed by atoms with E-state index in [1.165, 1.54) is 6.26 Å². The average molecular weight is 349 g/mol. The SMILES string of the molecule is CS1(=O)=NC(c2ccccc2)=Nc2nc(-c3ccccc3)nc(N)c21. The van der Waals surface area contributed by atoms with E-state index in [-0.39, 0.29) is 5.82 Å². The van der Waals surface area contributed by atoms with E-state index in [9.17, 15) is 4.21 Å². The van der Waals surface area contributed by atoms with E-state index >= 15 is 0 Å². The fourth-order valence-electron chi connectivity index (χ4n) is 2.65. The molecule has 1 aliphatic rings. The van der Waals surface area contributed by atoms with Crippen molar-refractivity contribution in [2.24, 2.45) is 9.36 Å². The van der Waals surface area contributed by atoms with Gasteiger partial charge in [-0.15, -0.1) is 0 Å². The highest BCUT2D eigenvalue weighted by atomic mass is 32.2. The Bertz CT molecular complexity index is 1100. The van der Waals surface area contributed by atoms with Crippen molar-refractivity contribution in [1.82, 2.24) is 9.97 Å². The Hall–Kier alpha value is -3.06. The number of amidine groups is 1. The number of anilines is 1. The summed E-state index contributed by atoms with van der Waals surface area (Å²) >= 11 is 0. The Labute approximate surface area is 145 Å². The molecule has 1 unspecified atom stereocenters. The first-order chi connectivity index (χ1) is 12.0. The highest BCUT2D eigenvalue weighted by Gasteiger charge is 2.25. The van der Waals surface area contributed by atoms with Gasteiger partial charge in [-0.05, 0) is 0 Å². The van der Waals surface area contributed by atoms with Gasteiger partial charge in [-0.25, -0.2) is 19.2 Å². The molecule has 0 saturated carbocycles. The van der Waals surface area contributed by atoms with Crippen molar-refractivity contribution >= 4 is 27.2 Å². The Morgan fingerprint density at radius 3 is 2.12 bits per heavy atom. The molecule has 3 aromatic rings. The molecule has 0 spiro atoms. The molecule has 6 nitrogen and oxygen atoms in total. The van der Waals surface area contributed by atoms with Crippen molar-refractivity contribution in [2.45, 2.75) is 4.90 Å². The largest absolute Gasteiger partial charge is 0.382 e. The number of rotatable bonds is 2. The number of nitrogens with zero attached hydrogens (tertiary/aromatic N) is 4. The second-order valence-electron chi connectivity index (χ2n) is 5.65. The molecular formula is C18H15N5OS. The van der Waals surface area contributed by atoms with Gasteiger partial charge in [0.25, 0.3) is 0 Å². The van der Waals surface area contributed by atoms with Crippen LogP contribution in [-0.2, 0) is 9.73 Å². The minimum atomic E-state index is -2.77. The summed E-state index contributed by atoms with van der Waals surface area (Å²) in [6.45, 7) is 0. The van der Waals surface area contributed by atoms with Gasteiger partial charge in [-0.1, -0.05) is 60.7 Å². The lowest BCUT2D eigenvalue weighted by Gasteiger charge is -2.16. The van der Waals surface area contributed by atoms with Crippen molar-refractivity contribution in [1.29, 1.82) is 0 Å². The lowest BCUT2D eigenvalue weighted by Crippen LogP contribution is -2.14. The molecular weight excluding hydrogens is 334 g/mol. The van der Waals surface area contributed by atoms with Crippen LogP contribution in [0.3, 0.4) is 0 Å². The molecule has 0 saturated heterocycles. The number of fused-ring (bicyclic) bond motifs is 1. The summed E-state index contributed by atoms with van der Waals surface area (Å²) in [6, 6.07) is 18.9. The maximum Gasteiger partial charge on any atom is 0.177 e. The van der Waals surface area contributed by atoms with Crippen LogP contribution in [0.15, 0.2) is 74.9 Å². The molecule has 25 heavy (non-hydrogen) atoms. The second kappa shape index (κ2) is 5.78. The lowest BCUT2D eigenvalue weighted by molar-refractivity contribution is 0.680. The first kappa shape index (κ1) is 15.5. The minimum absolute atomic E-state index is 0.149. The number of nitrogen functional groups attached to an aromatic ring is 1. The van der Waals surface area contributed by atoms with Crippen LogP contribution in [0.2, 0.25) is 0 Å². The van der Waals surface area contributed by atoms with Gasteiger partial charge >= 0.3 is 0 Å². The van der Waals surface area contributed by atoms with E-state index < -0.39 is 9.73 Å². The van der Waals surface area contributed by atoms with Gasteiger partial charge in [0.15, 0.2) is 17.5 Å². The highest BCUT2D eigenvalue weighted by Crippen LogP contribution is 2.34. The zero-order chi connectivity index (χ0) is 17.4. The van der Waals surface area contributed by atoms with E-state index in [2.05, 4.69) is 19.3 Å². The van der Waals surface area contributed by atoms with Crippen molar-refractivity contribution in [3.8, 4) is 11.4 Å². The molecule has 0 radical (unpaired) electrons. The molecule has 1 atom stereocenters. The Balaban J connectivity index is 1.95. The number of hydrogen-bond acceptors (Lipinski definition) is 6. The maximum atomic E-state index is 13.1. The summed E-state index contributed by atoms with van der Waals surface area (Å²) in [4.78, 5) is 13.6. The van der Waals surface area contributed by atoms with E-state index in [1.807, 2.05) is 60.7 Å². The molecule has 2 aromatic carbocycles. The van der Waals surface area contributed by atoms with Crippen LogP contribution in [0.5, 0.6) is 0 Å². The molecule has 4 rings (SSSR count). The average Bonchev–Trinajstić information content (AvgIpc) is 2.61. The molecule has 1 aliphatic heterocycles. The van der Waals surface area contributed by atoms with Crippen molar-refractivity contribution in [3.05, 3.63) is 66.2 Å². The van der Waals surface area contributed by atoms with Crippen molar-refractivity contribution in [2.75, 3.05) is 12.0 Å². The van der Waals surface area contributed by atoms with Crippen LogP contribution in [0.4, 0.5) is 11.6 Å². The quantitative estimate of drug-likeness (QED) is 0.768. The molecule has 0 aliphatic carbocycles. The van der Waals surface area contributed by atoms with Crippen LogP contribution >= 0.6 is 0 Å². The third-order valence-corrected chi connectivity index (χ3v) is 5.46. The fraction of sp³-hybridized carbons (Fsp3) is 0.0556. The molecule has 2 N–H and O–H groups in total. The first-order valence-electron chi connectivity index (χ1n) is 7.64. The number of hydrogen-bond donors (Lipinski definition) is 1. The van der Waals surface area contributed by atoms with E-state index in [0.717, 1.165) is 11.1 Å². The summed E-state index contributed by atoms with van der Waals surface area (Å²) in [7, 11) is -2.77. The molecule has 124 valence electrons. The van der Waals surface area contributed by atoms with Gasteiger partial charge in [-0.3, -0.25) is 0 Å². The molecule has 0 amide bonds.